The molecule has 0 saturated carbocycles. The lowest BCUT2D eigenvalue weighted by Crippen LogP contribution is -2.60. The average molecular weight is 667 g/mol. The second kappa shape index (κ2) is 12.2. The van der Waals surface area contributed by atoms with E-state index in [0.29, 0.717) is 4.90 Å². The number of hydrogen-bond acceptors (Lipinski definition) is 10. The van der Waals surface area contributed by atoms with Gasteiger partial charge in [0.1, 0.15) is 33.9 Å². The number of hydrogen-bond donors (Lipinski definition) is 4. The number of alkyl halides is 6. The fourth-order valence-electron chi connectivity index (χ4n) is 4.65. The van der Waals surface area contributed by atoms with E-state index in [1.807, 2.05) is 0 Å². The van der Waals surface area contributed by atoms with Crippen LogP contribution < -0.4 is 27.2 Å². The van der Waals surface area contributed by atoms with Crippen LogP contribution in [0.3, 0.4) is 0 Å². The standard InChI is InChI=1S/2C12H14F3N5O3/c1-11(2)18-9-6(17-5-19(9)3-4-21)7(8(16)22)20(11)10(23)12(13,14)15;1-11(2)18-6(8(16)22)7-9(19(3-4-21)5-17-7)20(11)10(23)12(13,14)15/h2*5,21H,3-4H2,1-2H3,(H2,16,22). The monoisotopic (exact) mass is 666 g/mol. The topological polar surface area (TPSA) is 228 Å². The van der Waals surface area contributed by atoms with Gasteiger partial charge in [-0.1, -0.05) is 0 Å². The van der Waals surface area contributed by atoms with Gasteiger partial charge in [-0.05, 0) is 27.7 Å². The molecular formula is C24H28F6N10O6. The number of aliphatic imine (C=N–C) groups is 1. The van der Waals surface area contributed by atoms with Crippen LogP contribution in [0.5, 0.6) is 0 Å². The number of imidazole rings is 2. The maximum absolute atomic E-state index is 12.9. The Kier molecular flexibility index (Phi) is 9.41. The lowest BCUT2D eigenvalue weighted by atomic mass is 10.1. The van der Waals surface area contributed by atoms with Crippen molar-refractivity contribution in [2.24, 2.45) is 21.5 Å². The third-order valence-corrected chi connectivity index (χ3v) is 6.40. The smallest absolute Gasteiger partial charge is 0.395 e. The van der Waals surface area contributed by atoms with Gasteiger partial charge >= 0.3 is 24.2 Å². The van der Waals surface area contributed by atoms with E-state index in [4.69, 9.17) is 21.7 Å². The van der Waals surface area contributed by atoms with Crippen molar-refractivity contribution in [3.05, 3.63) is 29.2 Å². The zero-order valence-corrected chi connectivity index (χ0v) is 24.5. The van der Waals surface area contributed by atoms with Crippen molar-refractivity contribution in [1.82, 2.24) is 24.0 Å². The van der Waals surface area contributed by atoms with Crippen molar-refractivity contribution >= 4 is 40.9 Å². The second-order valence-electron chi connectivity index (χ2n) is 10.6. The first kappa shape index (κ1) is 35.6. The largest absolute Gasteiger partial charge is 0.471 e. The highest BCUT2D eigenvalue weighted by Crippen LogP contribution is 2.37. The Balaban J connectivity index is 0.000000250. The predicted octanol–water partition coefficient (Wildman–Crippen LogP) is -1.98. The number of carbonyl (C=O) groups excluding carboxylic acids is 4. The molecule has 16 nitrogen and oxygen atoms in total. The molecule has 0 unspecified atom stereocenters. The molecular weight excluding hydrogens is 638 g/mol. The summed E-state index contributed by atoms with van der Waals surface area (Å²) in [5.74, 6) is -6.91. The van der Waals surface area contributed by atoms with E-state index >= 15 is 0 Å². The molecule has 252 valence electrons. The highest BCUT2D eigenvalue weighted by Gasteiger charge is 2.53. The summed E-state index contributed by atoms with van der Waals surface area (Å²) in [6.07, 6.45) is -8.05. The summed E-state index contributed by atoms with van der Waals surface area (Å²) >= 11 is 0. The number of nitrogens with zero attached hydrogens (tertiary/aromatic N) is 8. The Bertz CT molecular complexity index is 1720. The fourth-order valence-corrected chi connectivity index (χ4v) is 4.65. The summed E-state index contributed by atoms with van der Waals surface area (Å²) in [5, 5.41) is 17.8. The Morgan fingerprint density at radius 1 is 0.761 bits per heavy atom. The van der Waals surface area contributed by atoms with Crippen molar-refractivity contribution < 1.29 is 55.7 Å². The number of fused-ring (bicyclic) bond motifs is 2. The number of aliphatic hydroxyl groups is 2. The molecule has 0 bridgehead atoms. The van der Waals surface area contributed by atoms with Crippen LogP contribution in [0.25, 0.3) is 5.70 Å². The van der Waals surface area contributed by atoms with Gasteiger partial charge in [-0.15, -0.1) is 0 Å². The molecule has 0 radical (unpaired) electrons. The summed E-state index contributed by atoms with van der Waals surface area (Å²) in [6, 6.07) is 0. The molecule has 2 aliphatic rings. The van der Waals surface area contributed by atoms with Crippen LogP contribution in [0, 0.1) is 0 Å². The molecule has 2 aromatic heterocycles. The second-order valence-corrected chi connectivity index (χ2v) is 10.6. The number of amides is 4. The molecule has 22 heteroatoms. The van der Waals surface area contributed by atoms with Crippen molar-refractivity contribution in [2.45, 2.75) is 64.5 Å². The van der Waals surface area contributed by atoms with Crippen LogP contribution in [-0.4, -0.2) is 100 Å². The van der Waals surface area contributed by atoms with Gasteiger partial charge in [-0.25, -0.2) is 20.0 Å². The minimum Gasteiger partial charge on any atom is -0.395 e. The van der Waals surface area contributed by atoms with Crippen LogP contribution in [0.15, 0.2) is 22.6 Å². The Labute approximate surface area is 254 Å². The quantitative estimate of drug-likeness (QED) is 0.252. The highest BCUT2D eigenvalue weighted by atomic mass is 19.4. The Morgan fingerprint density at radius 2 is 1.24 bits per heavy atom. The van der Waals surface area contributed by atoms with Crippen LogP contribution in [0.2, 0.25) is 0 Å². The number of halogens is 6. The van der Waals surface area contributed by atoms with Gasteiger partial charge in [0.15, 0.2) is 11.2 Å². The molecule has 0 spiro atoms. The third kappa shape index (κ3) is 6.56. The Morgan fingerprint density at radius 3 is 1.72 bits per heavy atom. The highest BCUT2D eigenvalue weighted by molar-refractivity contribution is 6.46. The number of aromatic nitrogens is 4. The van der Waals surface area contributed by atoms with Crippen LogP contribution in [0.4, 0.5) is 32.2 Å². The van der Waals surface area contributed by atoms with E-state index in [9.17, 15) is 45.5 Å². The van der Waals surface area contributed by atoms with Crippen LogP contribution in [-0.2, 0) is 32.3 Å². The van der Waals surface area contributed by atoms with Gasteiger partial charge in [-0.3, -0.25) is 29.0 Å². The van der Waals surface area contributed by atoms with E-state index in [1.165, 1.54) is 38.6 Å². The molecule has 0 atom stereocenters. The van der Waals surface area contributed by atoms with E-state index in [1.54, 1.807) is 0 Å². The van der Waals surface area contributed by atoms with Gasteiger partial charge in [0.25, 0.3) is 11.8 Å². The Hall–Kier alpha value is -4.86. The van der Waals surface area contributed by atoms with Gasteiger partial charge in [0.05, 0.1) is 25.9 Å². The molecule has 4 amide bonds. The molecule has 2 aliphatic heterocycles. The fraction of sp³-hybridized carbons (Fsp3) is 0.500. The number of nitrogens with two attached hydrogens (primary N) is 2. The lowest BCUT2D eigenvalue weighted by molar-refractivity contribution is -0.186. The number of anilines is 1. The molecule has 2 aromatic rings. The first-order chi connectivity index (χ1) is 21.0. The lowest BCUT2D eigenvalue weighted by Gasteiger charge is -2.39. The molecule has 0 aromatic carbocycles. The van der Waals surface area contributed by atoms with Gasteiger partial charge in [-0.2, -0.15) is 26.3 Å². The average Bonchev–Trinajstić information content (AvgIpc) is 3.49. The maximum atomic E-state index is 12.9. The first-order valence-corrected chi connectivity index (χ1v) is 13.0. The number of carbonyl (C=O) groups is 4. The zero-order chi connectivity index (χ0) is 35.2. The number of aliphatic hydroxyl groups excluding tert-OH is 2. The van der Waals surface area contributed by atoms with Crippen LogP contribution >= 0.6 is 0 Å². The molecule has 46 heavy (non-hydrogen) atoms. The molecule has 6 N–H and O–H groups in total. The number of rotatable bonds is 6. The van der Waals surface area contributed by atoms with Gasteiger partial charge < -0.3 is 30.8 Å². The third-order valence-electron chi connectivity index (χ3n) is 6.40. The van der Waals surface area contributed by atoms with Crippen molar-refractivity contribution in [3.8, 4) is 0 Å². The van der Waals surface area contributed by atoms with E-state index in [2.05, 4.69) is 20.0 Å². The van der Waals surface area contributed by atoms with Crippen molar-refractivity contribution in [1.29, 1.82) is 0 Å². The summed E-state index contributed by atoms with van der Waals surface area (Å²) < 4.78 is 79.9. The maximum Gasteiger partial charge on any atom is 0.471 e. The summed E-state index contributed by atoms with van der Waals surface area (Å²) in [7, 11) is 0. The van der Waals surface area contributed by atoms with Gasteiger partial charge in [0, 0.05) is 13.1 Å². The summed E-state index contributed by atoms with van der Waals surface area (Å²) in [6.45, 7) is 4.22. The molecule has 4 heterocycles. The SMILES string of the molecule is CC1(C)N=C(C(N)=O)c2ncn(CCO)c2N1C(=O)C(F)(F)F.CC1(C)N=c2c(ncn2CCO)=C(C(N)=O)N1C(=O)C(F)(F)F. The minimum absolute atomic E-state index is 0.0706. The van der Waals surface area contributed by atoms with E-state index in [0.717, 1.165) is 10.9 Å². The van der Waals surface area contributed by atoms with E-state index < -0.39 is 59.6 Å². The molecule has 0 aliphatic carbocycles. The molecule has 4 rings (SSSR count). The first-order valence-electron chi connectivity index (χ1n) is 13.0. The minimum atomic E-state index is -5.21. The van der Waals surface area contributed by atoms with Crippen molar-refractivity contribution in [3.63, 3.8) is 0 Å². The molecule has 0 fully saturated rings. The summed E-state index contributed by atoms with van der Waals surface area (Å²) in [4.78, 5) is 62.9. The van der Waals surface area contributed by atoms with Gasteiger partial charge in [0.2, 0.25) is 0 Å². The number of primary amides is 2. The van der Waals surface area contributed by atoms with Crippen LogP contribution in [0.1, 0.15) is 33.4 Å². The normalized spacial score (nSPS) is 16.8. The van der Waals surface area contributed by atoms with Crippen molar-refractivity contribution in [2.75, 3.05) is 18.1 Å². The molecule has 0 saturated heterocycles. The van der Waals surface area contributed by atoms with E-state index in [-0.39, 0.29) is 52.7 Å². The zero-order valence-electron chi connectivity index (χ0n) is 24.5. The predicted molar refractivity (Wildman–Crippen MR) is 142 cm³/mol. The summed E-state index contributed by atoms with van der Waals surface area (Å²) in [5.41, 5.74) is 5.79.